The first-order valence-electron chi connectivity index (χ1n) is 9.67. The highest BCUT2D eigenvalue weighted by atomic mass is 32.2. The average Bonchev–Trinajstić information content (AvgIpc) is 3.38. The van der Waals surface area contributed by atoms with Crippen LogP contribution in [0.1, 0.15) is 33.3 Å². The van der Waals surface area contributed by atoms with Gasteiger partial charge in [-0.2, -0.15) is 0 Å². The van der Waals surface area contributed by atoms with Crippen LogP contribution >= 0.6 is 11.8 Å². The molecule has 0 saturated carbocycles. The Hall–Kier alpha value is -3.46. The van der Waals surface area contributed by atoms with Crippen LogP contribution < -0.4 is 14.8 Å². The third kappa shape index (κ3) is 4.36. The van der Waals surface area contributed by atoms with Gasteiger partial charge in [0.25, 0.3) is 5.91 Å². The van der Waals surface area contributed by atoms with Crippen molar-refractivity contribution < 1.29 is 23.8 Å². The van der Waals surface area contributed by atoms with Crippen LogP contribution in [0.15, 0.2) is 53.7 Å². The Bertz CT molecular complexity index is 1110. The van der Waals surface area contributed by atoms with E-state index in [1.54, 1.807) is 29.7 Å². The lowest BCUT2D eigenvalue weighted by Gasteiger charge is -2.11. The molecule has 1 aliphatic heterocycles. The number of rotatable bonds is 7. The second-order valence-electron chi connectivity index (χ2n) is 6.61. The number of fused-ring (bicyclic) bond motifs is 1. The predicted octanol–water partition coefficient (Wildman–Crippen LogP) is 3.81. The van der Waals surface area contributed by atoms with Gasteiger partial charge in [0.05, 0.1) is 13.2 Å². The van der Waals surface area contributed by atoms with Gasteiger partial charge in [0.1, 0.15) is 0 Å². The molecule has 0 bridgehead atoms. The molecule has 0 atom stereocenters. The van der Waals surface area contributed by atoms with Gasteiger partial charge in [-0.25, -0.2) is 9.78 Å². The van der Waals surface area contributed by atoms with Crippen molar-refractivity contribution in [3.63, 3.8) is 0 Å². The number of amides is 1. The molecule has 1 amide bonds. The van der Waals surface area contributed by atoms with Crippen molar-refractivity contribution in [3.8, 4) is 11.5 Å². The Morgan fingerprint density at radius 3 is 2.68 bits per heavy atom. The number of thioether (sulfide) groups is 1. The number of anilines is 1. The number of nitrogens with zero attached hydrogens (tertiary/aromatic N) is 2. The summed E-state index contributed by atoms with van der Waals surface area (Å²) in [6.45, 7) is 2.47. The number of carbonyl (C=O) groups is 2. The summed E-state index contributed by atoms with van der Waals surface area (Å²) in [5.74, 6) is 0.271. The molecule has 0 spiro atoms. The largest absolute Gasteiger partial charge is 0.461 e. The van der Waals surface area contributed by atoms with Crippen LogP contribution in [0.2, 0.25) is 0 Å². The molecule has 1 aromatic heterocycles. The number of esters is 1. The van der Waals surface area contributed by atoms with Gasteiger partial charge in [-0.05, 0) is 36.9 Å². The molecule has 2 heterocycles. The van der Waals surface area contributed by atoms with Crippen molar-refractivity contribution in [2.24, 2.45) is 0 Å². The highest BCUT2D eigenvalue weighted by Gasteiger charge is 2.26. The molecular weight excluding hydrogens is 418 g/mol. The van der Waals surface area contributed by atoms with Gasteiger partial charge in [0.2, 0.25) is 6.79 Å². The lowest BCUT2D eigenvalue weighted by atomic mass is 10.2. The molecule has 160 valence electrons. The molecule has 1 aliphatic rings. The van der Waals surface area contributed by atoms with Crippen LogP contribution in [0.3, 0.4) is 0 Å². The first-order chi connectivity index (χ1) is 15.1. The van der Waals surface area contributed by atoms with E-state index in [1.165, 1.54) is 11.8 Å². The minimum atomic E-state index is -0.549. The summed E-state index contributed by atoms with van der Waals surface area (Å²) in [6.07, 6.45) is 1.86. The summed E-state index contributed by atoms with van der Waals surface area (Å²) >= 11 is 1.38. The molecular formula is C22H21N3O5S. The zero-order valence-corrected chi connectivity index (χ0v) is 17.9. The second kappa shape index (κ2) is 9.13. The maximum atomic E-state index is 12.9. The van der Waals surface area contributed by atoms with Gasteiger partial charge >= 0.3 is 5.97 Å². The van der Waals surface area contributed by atoms with Gasteiger partial charge in [0.15, 0.2) is 28.2 Å². The highest BCUT2D eigenvalue weighted by Crippen LogP contribution is 2.33. The fraction of sp³-hybridized carbons (Fsp3) is 0.227. The Balaban J connectivity index is 1.69. The summed E-state index contributed by atoms with van der Waals surface area (Å²) in [6, 6.07) is 14.6. The number of ether oxygens (including phenoxy) is 3. The standard InChI is InChI=1S/C22H21N3O5S/c1-3-28-21(27)18-19(23-20(26)15-9-10-16-17(11-15)30-13-29-16)24-22(31-2)25(18)12-14-7-5-4-6-8-14/h4-11H,3,12-13H2,1-2H3,(H,23,26). The molecule has 31 heavy (non-hydrogen) atoms. The predicted molar refractivity (Wildman–Crippen MR) is 116 cm³/mol. The van der Waals surface area contributed by atoms with E-state index in [9.17, 15) is 9.59 Å². The lowest BCUT2D eigenvalue weighted by Crippen LogP contribution is -2.18. The van der Waals surface area contributed by atoms with Crippen molar-refractivity contribution in [1.82, 2.24) is 9.55 Å². The lowest BCUT2D eigenvalue weighted by molar-refractivity contribution is 0.0514. The van der Waals surface area contributed by atoms with E-state index in [0.29, 0.717) is 28.8 Å². The number of imidazole rings is 1. The molecule has 0 radical (unpaired) electrons. The van der Waals surface area contributed by atoms with E-state index in [2.05, 4.69) is 10.3 Å². The SMILES string of the molecule is CCOC(=O)c1c(NC(=O)c2ccc3c(c2)OCO3)nc(SC)n1Cc1ccccc1. The van der Waals surface area contributed by atoms with E-state index < -0.39 is 11.9 Å². The summed E-state index contributed by atoms with van der Waals surface area (Å²) < 4.78 is 17.6. The van der Waals surface area contributed by atoms with E-state index >= 15 is 0 Å². The molecule has 4 rings (SSSR count). The van der Waals surface area contributed by atoms with Gasteiger partial charge in [-0.15, -0.1) is 0 Å². The van der Waals surface area contributed by atoms with E-state index in [1.807, 2.05) is 36.6 Å². The normalized spacial score (nSPS) is 11.9. The Labute approximate surface area is 183 Å². The van der Waals surface area contributed by atoms with Crippen LogP contribution in [0, 0.1) is 0 Å². The average molecular weight is 439 g/mol. The Morgan fingerprint density at radius 1 is 1.16 bits per heavy atom. The van der Waals surface area contributed by atoms with Crippen molar-refractivity contribution >= 4 is 29.5 Å². The number of hydrogen-bond donors (Lipinski definition) is 1. The van der Waals surface area contributed by atoms with Crippen LogP contribution in [0.5, 0.6) is 11.5 Å². The highest BCUT2D eigenvalue weighted by molar-refractivity contribution is 7.98. The zero-order chi connectivity index (χ0) is 21.8. The first kappa shape index (κ1) is 20.8. The van der Waals surface area contributed by atoms with E-state index in [-0.39, 0.29) is 24.9 Å². The van der Waals surface area contributed by atoms with Crippen molar-refractivity contribution in [1.29, 1.82) is 0 Å². The van der Waals surface area contributed by atoms with Crippen LogP contribution in [0.25, 0.3) is 0 Å². The summed E-state index contributed by atoms with van der Waals surface area (Å²) in [7, 11) is 0. The van der Waals surface area contributed by atoms with E-state index in [4.69, 9.17) is 14.2 Å². The molecule has 0 aliphatic carbocycles. The molecule has 0 fully saturated rings. The minimum absolute atomic E-state index is 0.119. The second-order valence-corrected chi connectivity index (χ2v) is 7.38. The third-order valence-corrected chi connectivity index (χ3v) is 5.31. The number of hydrogen-bond acceptors (Lipinski definition) is 7. The van der Waals surface area contributed by atoms with Crippen molar-refractivity contribution in [2.75, 3.05) is 25.0 Å². The fourth-order valence-electron chi connectivity index (χ4n) is 3.21. The maximum absolute atomic E-state index is 12.9. The summed E-state index contributed by atoms with van der Waals surface area (Å²) in [5.41, 5.74) is 1.56. The molecule has 0 saturated heterocycles. The minimum Gasteiger partial charge on any atom is -0.461 e. The summed E-state index contributed by atoms with van der Waals surface area (Å²) in [5, 5.41) is 3.35. The van der Waals surface area contributed by atoms with Crippen LogP contribution in [-0.4, -0.2) is 41.1 Å². The smallest absolute Gasteiger partial charge is 0.358 e. The molecule has 8 nitrogen and oxygen atoms in total. The van der Waals surface area contributed by atoms with Gasteiger partial charge < -0.3 is 24.1 Å². The molecule has 0 unspecified atom stereocenters. The van der Waals surface area contributed by atoms with Crippen LogP contribution in [0.4, 0.5) is 5.82 Å². The van der Waals surface area contributed by atoms with Gasteiger partial charge in [-0.3, -0.25) is 4.79 Å². The molecule has 9 heteroatoms. The topological polar surface area (TPSA) is 91.7 Å². The first-order valence-corrected chi connectivity index (χ1v) is 10.9. The number of nitrogens with one attached hydrogen (secondary N) is 1. The molecule has 2 aromatic carbocycles. The van der Waals surface area contributed by atoms with E-state index in [0.717, 1.165) is 5.56 Å². The monoisotopic (exact) mass is 439 g/mol. The number of aromatic nitrogens is 2. The zero-order valence-electron chi connectivity index (χ0n) is 17.1. The Kier molecular flexibility index (Phi) is 6.13. The number of carbonyl (C=O) groups excluding carboxylic acids is 2. The van der Waals surface area contributed by atoms with Gasteiger partial charge in [-0.1, -0.05) is 42.1 Å². The van der Waals surface area contributed by atoms with Crippen molar-refractivity contribution in [3.05, 3.63) is 65.4 Å². The molecule has 3 aromatic rings. The molecule has 1 N–H and O–H groups in total. The summed E-state index contributed by atoms with van der Waals surface area (Å²) in [4.78, 5) is 30.2. The third-order valence-electron chi connectivity index (χ3n) is 4.63. The fourth-order valence-corrected chi connectivity index (χ4v) is 3.77. The van der Waals surface area contributed by atoms with Crippen LogP contribution in [-0.2, 0) is 11.3 Å². The quantitative estimate of drug-likeness (QED) is 0.442. The maximum Gasteiger partial charge on any atom is 0.358 e. The van der Waals surface area contributed by atoms with Gasteiger partial charge in [0, 0.05) is 5.56 Å². The van der Waals surface area contributed by atoms with Crippen molar-refractivity contribution in [2.45, 2.75) is 18.6 Å². The number of benzene rings is 2. The Morgan fingerprint density at radius 2 is 1.94 bits per heavy atom.